The van der Waals surface area contributed by atoms with Crippen molar-refractivity contribution in [1.29, 1.82) is 0 Å². The number of rotatable bonds is 6. The number of benzene rings is 5. The van der Waals surface area contributed by atoms with E-state index in [4.69, 9.17) is 9.98 Å². The van der Waals surface area contributed by atoms with E-state index in [1.807, 2.05) is 109 Å². The summed E-state index contributed by atoms with van der Waals surface area (Å²) in [4.78, 5) is 35.8. The fourth-order valence-corrected chi connectivity index (χ4v) is 6.88. The Labute approximate surface area is 279 Å². The van der Waals surface area contributed by atoms with Crippen LogP contribution >= 0.6 is 0 Å². The molecular weight excluding hydrogens is 596 g/mol. The number of allylic oxidation sites excluding steroid dienone is 4. The zero-order chi connectivity index (χ0) is 33.0. The van der Waals surface area contributed by atoms with Crippen LogP contribution in [0, 0.1) is 0 Å². The quantitative estimate of drug-likeness (QED) is 0.144. The van der Waals surface area contributed by atoms with Gasteiger partial charge in [0.1, 0.15) is 11.5 Å². The van der Waals surface area contributed by atoms with Gasteiger partial charge in [-0.1, -0.05) is 84.9 Å². The maximum atomic E-state index is 13.1. The van der Waals surface area contributed by atoms with Gasteiger partial charge in [0, 0.05) is 25.7 Å². The monoisotopic (exact) mass is 632 g/mol. The van der Waals surface area contributed by atoms with Crippen molar-refractivity contribution in [3.8, 4) is 0 Å². The Morgan fingerprint density at radius 1 is 0.500 bits per heavy atom. The summed E-state index contributed by atoms with van der Waals surface area (Å²) >= 11 is 0. The molecule has 2 aliphatic rings. The van der Waals surface area contributed by atoms with Crippen LogP contribution in [0.1, 0.15) is 49.7 Å². The normalized spacial score (nSPS) is 19.3. The summed E-state index contributed by atoms with van der Waals surface area (Å²) in [7, 11) is 0. The van der Waals surface area contributed by atoms with Gasteiger partial charge in [0.15, 0.2) is 11.6 Å². The summed E-state index contributed by atoms with van der Waals surface area (Å²) in [6.07, 6.45) is 3.81. The molecule has 2 aliphatic carbocycles. The van der Waals surface area contributed by atoms with E-state index in [1.165, 1.54) is 0 Å². The second-order valence-corrected chi connectivity index (χ2v) is 12.5. The standard InChI is InChI=1S/C42H36N2O4/c45-37-19-7-17-35(41(37)39(47)25-29-13-5-11-27-9-1-3-15-33(27)29)43-31-21-23-32(24-22-31)44-36-18-8-20-38(46)42(36)40(48)26-30-14-6-12-28-10-2-4-16-34(28)30/h1-6,9-16,21-24,47-48H,7-8,17-20,25-26H2. The Morgan fingerprint density at radius 2 is 0.896 bits per heavy atom. The van der Waals surface area contributed by atoms with Crippen LogP contribution in [0.3, 0.4) is 0 Å². The third-order valence-corrected chi connectivity index (χ3v) is 9.20. The number of hydrogen-bond acceptors (Lipinski definition) is 6. The van der Waals surface area contributed by atoms with Gasteiger partial charge in [0.05, 0.1) is 33.9 Å². The molecule has 2 saturated carbocycles. The van der Waals surface area contributed by atoms with Crippen LogP contribution in [0.15, 0.2) is 142 Å². The Balaban J connectivity index is 1.16. The lowest BCUT2D eigenvalue weighted by Gasteiger charge is -2.19. The summed E-state index contributed by atoms with van der Waals surface area (Å²) in [5.74, 6) is -0.0967. The van der Waals surface area contributed by atoms with Gasteiger partial charge in [-0.05, 0) is 82.6 Å². The molecule has 0 bridgehead atoms. The van der Waals surface area contributed by atoms with Crippen molar-refractivity contribution >= 4 is 55.9 Å². The summed E-state index contributed by atoms with van der Waals surface area (Å²) in [6.45, 7) is 0. The van der Waals surface area contributed by atoms with E-state index < -0.39 is 0 Å². The lowest BCUT2D eigenvalue weighted by Crippen LogP contribution is -2.22. The Bertz CT molecular complexity index is 2020. The minimum atomic E-state index is -0.0923. The highest BCUT2D eigenvalue weighted by atomic mass is 16.3. The van der Waals surface area contributed by atoms with Crippen molar-refractivity contribution in [2.45, 2.75) is 51.4 Å². The smallest absolute Gasteiger partial charge is 0.168 e. The number of aliphatic hydroxyl groups is 2. The molecular formula is C42H36N2O4. The molecule has 0 spiro atoms. The zero-order valence-electron chi connectivity index (χ0n) is 26.7. The van der Waals surface area contributed by atoms with Crippen LogP contribution in [0.2, 0.25) is 0 Å². The highest BCUT2D eigenvalue weighted by molar-refractivity contribution is 6.25. The first-order valence-electron chi connectivity index (χ1n) is 16.5. The lowest BCUT2D eigenvalue weighted by molar-refractivity contribution is -0.116. The third kappa shape index (κ3) is 6.47. The van der Waals surface area contributed by atoms with Gasteiger partial charge in [0.25, 0.3) is 0 Å². The highest BCUT2D eigenvalue weighted by Gasteiger charge is 2.27. The van der Waals surface area contributed by atoms with Gasteiger partial charge in [-0.15, -0.1) is 0 Å². The van der Waals surface area contributed by atoms with E-state index in [0.29, 0.717) is 72.5 Å². The number of ketones is 2. The van der Waals surface area contributed by atoms with Crippen LogP contribution in [-0.2, 0) is 22.4 Å². The fraction of sp³-hybridized carbons (Fsp3) is 0.190. The van der Waals surface area contributed by atoms with Gasteiger partial charge >= 0.3 is 0 Å². The van der Waals surface area contributed by atoms with Crippen LogP contribution < -0.4 is 0 Å². The molecule has 6 heteroatoms. The first-order chi connectivity index (χ1) is 23.4. The van der Waals surface area contributed by atoms with Gasteiger partial charge in [-0.25, -0.2) is 0 Å². The van der Waals surface area contributed by atoms with Crippen LogP contribution in [0.4, 0.5) is 11.4 Å². The number of carbonyl (C=O) groups is 2. The van der Waals surface area contributed by atoms with Gasteiger partial charge in [-0.3, -0.25) is 19.6 Å². The number of Topliss-reactive ketones (excluding diaryl/α,β-unsaturated/α-hetero) is 2. The summed E-state index contributed by atoms with van der Waals surface area (Å²) in [6, 6.07) is 35.3. The second-order valence-electron chi connectivity index (χ2n) is 12.5. The molecule has 0 unspecified atom stereocenters. The molecule has 2 fully saturated rings. The van der Waals surface area contributed by atoms with Crippen LogP contribution in [0.25, 0.3) is 21.5 Å². The average Bonchev–Trinajstić information content (AvgIpc) is 3.09. The summed E-state index contributed by atoms with van der Waals surface area (Å²) < 4.78 is 0. The number of nitrogens with zero attached hydrogens (tertiary/aromatic N) is 2. The molecule has 0 aliphatic heterocycles. The maximum absolute atomic E-state index is 13.1. The minimum Gasteiger partial charge on any atom is -0.511 e. The molecule has 0 aromatic heterocycles. The summed E-state index contributed by atoms with van der Waals surface area (Å²) in [5.41, 5.74) is 5.01. The van der Waals surface area contributed by atoms with Gasteiger partial charge in [-0.2, -0.15) is 0 Å². The predicted octanol–water partition coefficient (Wildman–Crippen LogP) is 9.75. The molecule has 48 heavy (non-hydrogen) atoms. The highest BCUT2D eigenvalue weighted by Crippen LogP contribution is 2.30. The molecule has 0 saturated heterocycles. The Morgan fingerprint density at radius 3 is 1.33 bits per heavy atom. The van der Waals surface area contributed by atoms with E-state index in [1.54, 1.807) is 0 Å². The fourth-order valence-electron chi connectivity index (χ4n) is 6.88. The van der Waals surface area contributed by atoms with E-state index in [9.17, 15) is 19.8 Å². The van der Waals surface area contributed by atoms with Crippen molar-refractivity contribution in [2.24, 2.45) is 9.98 Å². The summed E-state index contributed by atoms with van der Waals surface area (Å²) in [5, 5.41) is 26.8. The predicted molar refractivity (Wildman–Crippen MR) is 193 cm³/mol. The van der Waals surface area contributed by atoms with Crippen LogP contribution in [0.5, 0.6) is 0 Å². The topological polar surface area (TPSA) is 99.3 Å². The van der Waals surface area contributed by atoms with Crippen molar-refractivity contribution < 1.29 is 19.8 Å². The second kappa shape index (κ2) is 13.6. The lowest BCUT2D eigenvalue weighted by atomic mass is 9.88. The largest absolute Gasteiger partial charge is 0.511 e. The van der Waals surface area contributed by atoms with Gasteiger partial charge in [0.2, 0.25) is 0 Å². The molecule has 7 rings (SSSR count). The Kier molecular flexibility index (Phi) is 8.80. The first kappa shape index (κ1) is 31.0. The molecule has 5 aromatic rings. The minimum absolute atomic E-state index is 0.0439. The van der Waals surface area contributed by atoms with E-state index in [2.05, 4.69) is 0 Å². The molecule has 0 radical (unpaired) electrons. The Hall–Kier alpha value is -5.62. The van der Waals surface area contributed by atoms with Crippen LogP contribution in [-0.4, -0.2) is 33.2 Å². The molecule has 6 nitrogen and oxygen atoms in total. The maximum Gasteiger partial charge on any atom is 0.168 e. The number of aliphatic hydroxyl groups excluding tert-OH is 2. The molecule has 0 heterocycles. The van der Waals surface area contributed by atoms with E-state index >= 15 is 0 Å². The molecule has 0 amide bonds. The molecule has 2 N–H and O–H groups in total. The molecule has 5 aromatic carbocycles. The zero-order valence-corrected chi connectivity index (χ0v) is 26.7. The first-order valence-corrected chi connectivity index (χ1v) is 16.5. The van der Waals surface area contributed by atoms with Crippen molar-refractivity contribution in [1.82, 2.24) is 0 Å². The number of aliphatic imine (C=N–C) groups is 2. The van der Waals surface area contributed by atoms with Crippen molar-refractivity contribution in [2.75, 3.05) is 0 Å². The number of carbonyl (C=O) groups excluding carboxylic acids is 2. The van der Waals surface area contributed by atoms with E-state index in [0.717, 1.165) is 32.7 Å². The average molecular weight is 633 g/mol. The third-order valence-electron chi connectivity index (χ3n) is 9.20. The van der Waals surface area contributed by atoms with Crippen molar-refractivity contribution in [3.63, 3.8) is 0 Å². The number of hydrogen-bond donors (Lipinski definition) is 2. The number of fused-ring (bicyclic) bond motifs is 2. The van der Waals surface area contributed by atoms with Gasteiger partial charge < -0.3 is 10.2 Å². The van der Waals surface area contributed by atoms with Crippen molar-refractivity contribution in [3.05, 3.63) is 143 Å². The van der Waals surface area contributed by atoms with E-state index in [-0.39, 0.29) is 35.9 Å². The molecule has 0 atom stereocenters. The molecule has 238 valence electrons. The SMILES string of the molecule is O=C1CCCC(=Nc2ccc(N=C3CCCC(=O)C3=C(O)Cc3cccc4ccccc34)cc2)C1=C(O)Cc1cccc2ccccc12.